The summed E-state index contributed by atoms with van der Waals surface area (Å²) in [6, 6.07) is 5.96. The number of hydrogen-bond donors (Lipinski definition) is 1. The molecule has 0 spiro atoms. The van der Waals surface area contributed by atoms with E-state index in [1.165, 1.54) is 0 Å². The number of imidazole rings is 1. The molecule has 1 atom stereocenters. The number of pyridine rings is 1. The van der Waals surface area contributed by atoms with E-state index in [4.69, 9.17) is 4.98 Å². The van der Waals surface area contributed by atoms with Crippen LogP contribution in [0.2, 0.25) is 0 Å². The Morgan fingerprint density at radius 2 is 1.93 bits per heavy atom. The molecule has 2 aromatic heterocycles. The van der Waals surface area contributed by atoms with E-state index >= 15 is 0 Å². The molecule has 0 radical (unpaired) electrons. The van der Waals surface area contributed by atoms with Crippen molar-refractivity contribution in [3.8, 4) is 11.1 Å². The smallest absolute Gasteiger partial charge is 0.253 e. The highest BCUT2D eigenvalue weighted by atomic mass is 32.2. The third-order valence-corrected chi connectivity index (χ3v) is 5.24. The van der Waals surface area contributed by atoms with E-state index in [9.17, 15) is 9.00 Å². The molecule has 3 aromatic rings. The summed E-state index contributed by atoms with van der Waals surface area (Å²) in [5, 5.41) is 0. The van der Waals surface area contributed by atoms with E-state index in [0.717, 1.165) is 53.1 Å². The molecule has 0 saturated heterocycles. The fourth-order valence-electron chi connectivity index (χ4n) is 3.37. The van der Waals surface area contributed by atoms with Gasteiger partial charge in [0.25, 0.3) is 5.56 Å². The largest absolute Gasteiger partial charge is 0.328 e. The molecule has 2 heterocycles. The fourth-order valence-corrected chi connectivity index (χ4v) is 3.84. The molecule has 3 rings (SSSR count). The second-order valence-electron chi connectivity index (χ2n) is 6.94. The van der Waals surface area contributed by atoms with Crippen molar-refractivity contribution in [3.05, 3.63) is 46.1 Å². The maximum atomic E-state index is 12.0. The van der Waals surface area contributed by atoms with E-state index in [1.54, 1.807) is 17.9 Å². The second-order valence-corrected chi connectivity index (χ2v) is 8.05. The molecule has 0 aliphatic heterocycles. The number of fused-ring (bicyclic) bond motifs is 1. The number of aromatic nitrogens is 3. The molecule has 0 bridgehead atoms. The zero-order chi connectivity index (χ0) is 19.7. The van der Waals surface area contributed by atoms with Crippen LogP contribution < -0.4 is 10.3 Å². The number of anilines is 1. The van der Waals surface area contributed by atoms with Gasteiger partial charge in [-0.2, -0.15) is 0 Å². The Hall–Kier alpha value is -2.41. The minimum absolute atomic E-state index is 0.00308. The highest BCUT2D eigenvalue weighted by Gasteiger charge is 2.15. The average molecular weight is 387 g/mol. The molecule has 144 valence electrons. The molecule has 7 heteroatoms. The van der Waals surface area contributed by atoms with Crippen LogP contribution >= 0.6 is 0 Å². The quantitative estimate of drug-likeness (QED) is 0.705. The second kappa shape index (κ2) is 7.68. The molecular formula is C20H26N4O2S. The first kappa shape index (κ1) is 19.4. The third-order valence-electron chi connectivity index (χ3n) is 4.73. The van der Waals surface area contributed by atoms with Crippen LogP contribution in [-0.2, 0) is 24.6 Å². The predicted octanol–water partition coefficient (Wildman–Crippen LogP) is 3.52. The first-order valence-electron chi connectivity index (χ1n) is 9.10. The molecule has 6 nitrogen and oxygen atoms in total. The Bertz CT molecular complexity index is 1060. The summed E-state index contributed by atoms with van der Waals surface area (Å²) in [4.78, 5) is 16.8. The summed E-state index contributed by atoms with van der Waals surface area (Å²) in [6.45, 7) is 6.88. The Morgan fingerprint density at radius 3 is 2.56 bits per heavy atom. The first-order valence-corrected chi connectivity index (χ1v) is 10.7. The van der Waals surface area contributed by atoms with Crippen molar-refractivity contribution in [2.45, 2.75) is 40.2 Å². The Kier molecular flexibility index (Phi) is 5.51. The van der Waals surface area contributed by atoms with Gasteiger partial charge in [0.05, 0.1) is 11.2 Å². The standard InChI is InChI=1S/C20H26N4O2S/c1-6-7-8-24-14(3)21-19-17(22-27(5)26)10-15(11-18(19)24)16-9-13(2)20(25)23(4)12-16/h9-12,22H,6-8H2,1-5H3. The molecule has 0 fully saturated rings. The van der Waals surface area contributed by atoms with Gasteiger partial charge < -0.3 is 13.9 Å². The number of aryl methyl sites for hydroxylation is 4. The Balaban J connectivity index is 2.27. The van der Waals surface area contributed by atoms with Gasteiger partial charge in [-0.3, -0.25) is 4.79 Å². The Morgan fingerprint density at radius 1 is 1.19 bits per heavy atom. The molecule has 1 aromatic carbocycles. The Labute approximate surface area is 161 Å². The number of nitrogens with one attached hydrogen (secondary N) is 1. The van der Waals surface area contributed by atoms with Gasteiger partial charge in [-0.05, 0) is 49.6 Å². The van der Waals surface area contributed by atoms with Gasteiger partial charge in [0, 0.05) is 31.6 Å². The van der Waals surface area contributed by atoms with Gasteiger partial charge in [-0.15, -0.1) is 0 Å². The van der Waals surface area contributed by atoms with Crippen molar-refractivity contribution in [2.24, 2.45) is 7.05 Å². The predicted molar refractivity (Wildman–Crippen MR) is 112 cm³/mol. The highest BCUT2D eigenvalue weighted by molar-refractivity contribution is 7.85. The van der Waals surface area contributed by atoms with Crippen LogP contribution in [0, 0.1) is 13.8 Å². The van der Waals surface area contributed by atoms with Crippen LogP contribution in [-0.4, -0.2) is 24.6 Å². The average Bonchev–Trinajstić information content (AvgIpc) is 2.92. The lowest BCUT2D eigenvalue weighted by Crippen LogP contribution is -2.18. The third kappa shape index (κ3) is 3.83. The molecule has 27 heavy (non-hydrogen) atoms. The van der Waals surface area contributed by atoms with Crippen molar-refractivity contribution >= 4 is 27.7 Å². The summed E-state index contributed by atoms with van der Waals surface area (Å²) in [7, 11) is 0.550. The normalized spacial score (nSPS) is 12.5. The molecule has 0 saturated carbocycles. The molecule has 1 N–H and O–H groups in total. The van der Waals surface area contributed by atoms with Gasteiger partial charge >= 0.3 is 0 Å². The van der Waals surface area contributed by atoms with Crippen molar-refractivity contribution < 1.29 is 4.21 Å². The van der Waals surface area contributed by atoms with Crippen LogP contribution in [0.1, 0.15) is 31.2 Å². The monoisotopic (exact) mass is 386 g/mol. The number of hydrogen-bond acceptors (Lipinski definition) is 3. The number of benzene rings is 1. The van der Waals surface area contributed by atoms with Crippen LogP contribution in [0.4, 0.5) is 5.69 Å². The van der Waals surface area contributed by atoms with Gasteiger partial charge in [-0.25, -0.2) is 9.19 Å². The van der Waals surface area contributed by atoms with Crippen molar-refractivity contribution in [1.29, 1.82) is 0 Å². The lowest BCUT2D eigenvalue weighted by atomic mass is 10.0. The fraction of sp³-hybridized carbons (Fsp3) is 0.400. The van der Waals surface area contributed by atoms with Gasteiger partial charge in [0.15, 0.2) is 0 Å². The topological polar surface area (TPSA) is 68.9 Å². The van der Waals surface area contributed by atoms with Crippen LogP contribution in [0.25, 0.3) is 22.2 Å². The maximum absolute atomic E-state index is 12.0. The first-order chi connectivity index (χ1) is 12.8. The molecule has 0 amide bonds. The maximum Gasteiger partial charge on any atom is 0.253 e. The van der Waals surface area contributed by atoms with Crippen molar-refractivity contribution in [2.75, 3.05) is 11.0 Å². The van der Waals surface area contributed by atoms with E-state index in [-0.39, 0.29) is 5.56 Å². The minimum atomic E-state index is -1.21. The van der Waals surface area contributed by atoms with E-state index < -0.39 is 11.0 Å². The summed E-state index contributed by atoms with van der Waals surface area (Å²) < 4.78 is 18.7. The van der Waals surface area contributed by atoms with E-state index in [2.05, 4.69) is 22.3 Å². The minimum Gasteiger partial charge on any atom is -0.328 e. The number of unbranched alkanes of at least 4 members (excludes halogenated alkanes) is 1. The van der Waals surface area contributed by atoms with Crippen LogP contribution in [0.15, 0.2) is 29.2 Å². The van der Waals surface area contributed by atoms with E-state index in [1.807, 2.05) is 32.2 Å². The zero-order valence-electron chi connectivity index (χ0n) is 16.5. The summed E-state index contributed by atoms with van der Waals surface area (Å²) >= 11 is 0. The highest BCUT2D eigenvalue weighted by Crippen LogP contribution is 2.32. The lowest BCUT2D eigenvalue weighted by molar-refractivity contribution is 0.631. The lowest BCUT2D eigenvalue weighted by Gasteiger charge is -2.12. The van der Waals surface area contributed by atoms with Crippen LogP contribution in [0.3, 0.4) is 0 Å². The molecule has 0 aliphatic carbocycles. The van der Waals surface area contributed by atoms with Gasteiger partial charge in [0.2, 0.25) is 0 Å². The number of rotatable bonds is 6. The molecule has 1 unspecified atom stereocenters. The summed E-state index contributed by atoms with van der Waals surface area (Å²) in [5.41, 5.74) is 5.18. The van der Waals surface area contributed by atoms with Crippen LogP contribution in [0.5, 0.6) is 0 Å². The molecule has 0 aliphatic rings. The van der Waals surface area contributed by atoms with Crippen molar-refractivity contribution in [1.82, 2.24) is 14.1 Å². The number of nitrogens with zero attached hydrogens (tertiary/aromatic N) is 3. The van der Waals surface area contributed by atoms with E-state index in [0.29, 0.717) is 5.56 Å². The summed E-state index contributed by atoms with van der Waals surface area (Å²) in [6.07, 6.45) is 5.61. The SMILES string of the molecule is CCCCn1c(C)nc2c(NS(C)=O)cc(-c3cc(C)c(=O)n(C)c3)cc21. The summed E-state index contributed by atoms with van der Waals surface area (Å²) in [5.74, 6) is 0.942. The van der Waals surface area contributed by atoms with Crippen molar-refractivity contribution in [3.63, 3.8) is 0 Å². The van der Waals surface area contributed by atoms with Gasteiger partial charge in [-0.1, -0.05) is 13.3 Å². The zero-order valence-corrected chi connectivity index (χ0v) is 17.3. The van der Waals surface area contributed by atoms with Gasteiger partial charge in [0.1, 0.15) is 22.3 Å². The molecular weight excluding hydrogens is 360 g/mol.